The molecule has 1 atom stereocenters. The van der Waals surface area contributed by atoms with Gasteiger partial charge >= 0.3 is 0 Å². The van der Waals surface area contributed by atoms with Crippen molar-refractivity contribution in [3.05, 3.63) is 0 Å². The minimum absolute atomic E-state index is 0.0919. The van der Waals surface area contributed by atoms with E-state index in [0.29, 0.717) is 5.75 Å². The smallest absolute Gasteiger partial charge is 0.187 e. The number of carbonyl (C=O) groups is 1. The number of ketones is 1. The van der Waals surface area contributed by atoms with Gasteiger partial charge in [0, 0.05) is 5.41 Å². The van der Waals surface area contributed by atoms with Crippen LogP contribution in [-0.2, 0) is 16.0 Å². The van der Waals surface area contributed by atoms with Crippen LogP contribution < -0.4 is 0 Å². The maximum Gasteiger partial charge on any atom is 0.187 e. The normalized spacial score (nSPS) is 14.4. The summed E-state index contributed by atoms with van der Waals surface area (Å²) in [4.78, 5) is 11.4. The SMILES string of the molecule is CCC[S+]([O-])CC(=O)C(C)(C)C. The Hall–Kier alpha value is -0.0200. The fraction of sp³-hybridized carbons (Fsp3) is 0.889. The molecule has 0 aliphatic carbocycles. The first kappa shape index (κ1) is 12.0. The van der Waals surface area contributed by atoms with Gasteiger partial charge in [0.15, 0.2) is 11.5 Å². The highest BCUT2D eigenvalue weighted by molar-refractivity contribution is 7.92. The molecule has 0 rings (SSSR count). The molecule has 0 aromatic rings. The third-order valence-corrected chi connectivity index (χ3v) is 3.01. The highest BCUT2D eigenvalue weighted by Gasteiger charge is 2.25. The van der Waals surface area contributed by atoms with Gasteiger partial charge in [-0.1, -0.05) is 27.7 Å². The molecular weight excluding hydrogens is 172 g/mol. The summed E-state index contributed by atoms with van der Waals surface area (Å²) in [6.45, 7) is 7.55. The van der Waals surface area contributed by atoms with Gasteiger partial charge in [0.25, 0.3) is 0 Å². The second-order valence-corrected chi connectivity index (χ2v) is 5.54. The van der Waals surface area contributed by atoms with E-state index in [1.54, 1.807) is 0 Å². The molecule has 0 saturated carbocycles. The first-order chi connectivity index (χ1) is 5.38. The zero-order valence-corrected chi connectivity index (χ0v) is 9.16. The Morgan fingerprint density at radius 3 is 2.25 bits per heavy atom. The van der Waals surface area contributed by atoms with Crippen LogP contribution in [0.5, 0.6) is 0 Å². The van der Waals surface area contributed by atoms with Gasteiger partial charge in [0.1, 0.15) is 5.75 Å². The minimum Gasteiger partial charge on any atom is -0.616 e. The van der Waals surface area contributed by atoms with E-state index >= 15 is 0 Å². The van der Waals surface area contributed by atoms with E-state index in [4.69, 9.17) is 0 Å². The van der Waals surface area contributed by atoms with Crippen LogP contribution in [0.4, 0.5) is 0 Å². The zero-order chi connectivity index (χ0) is 9.78. The fourth-order valence-electron chi connectivity index (χ4n) is 0.663. The average molecular weight is 190 g/mol. The molecule has 0 aromatic carbocycles. The minimum atomic E-state index is -0.946. The molecule has 0 aliphatic rings. The lowest BCUT2D eigenvalue weighted by atomic mass is 9.92. The molecule has 0 saturated heterocycles. The summed E-state index contributed by atoms with van der Waals surface area (Å²) in [7, 11) is 0. The molecule has 0 aliphatic heterocycles. The maximum atomic E-state index is 11.4. The van der Waals surface area contributed by atoms with E-state index < -0.39 is 11.2 Å². The molecule has 0 spiro atoms. The van der Waals surface area contributed by atoms with E-state index in [0.717, 1.165) is 6.42 Å². The summed E-state index contributed by atoms with van der Waals surface area (Å²) in [5, 5.41) is 0. The third-order valence-electron chi connectivity index (χ3n) is 1.56. The van der Waals surface area contributed by atoms with Crippen molar-refractivity contribution >= 4 is 17.0 Å². The first-order valence-corrected chi connectivity index (χ1v) is 5.75. The van der Waals surface area contributed by atoms with Crippen molar-refractivity contribution in [2.45, 2.75) is 34.1 Å². The topological polar surface area (TPSA) is 40.1 Å². The van der Waals surface area contributed by atoms with Gasteiger partial charge in [0.2, 0.25) is 0 Å². The van der Waals surface area contributed by atoms with Crippen molar-refractivity contribution in [3.8, 4) is 0 Å². The Morgan fingerprint density at radius 2 is 1.92 bits per heavy atom. The van der Waals surface area contributed by atoms with Crippen LogP contribution in [0.3, 0.4) is 0 Å². The second-order valence-electron chi connectivity index (χ2n) is 3.96. The quantitative estimate of drug-likeness (QED) is 0.634. The van der Waals surface area contributed by atoms with Gasteiger partial charge < -0.3 is 4.55 Å². The van der Waals surface area contributed by atoms with Gasteiger partial charge in [-0.3, -0.25) is 4.79 Å². The molecule has 1 unspecified atom stereocenters. The average Bonchev–Trinajstić information content (AvgIpc) is 1.85. The summed E-state index contributed by atoms with van der Waals surface area (Å²) in [5.41, 5.74) is -0.344. The van der Waals surface area contributed by atoms with Crippen LogP contribution in [0.25, 0.3) is 0 Å². The molecule has 0 heterocycles. The number of hydrogen-bond acceptors (Lipinski definition) is 2. The van der Waals surface area contributed by atoms with Crippen molar-refractivity contribution in [1.29, 1.82) is 0 Å². The Labute approximate surface area is 77.9 Å². The highest BCUT2D eigenvalue weighted by atomic mass is 32.2. The molecule has 2 nitrogen and oxygen atoms in total. The molecule has 12 heavy (non-hydrogen) atoms. The van der Waals surface area contributed by atoms with Crippen LogP contribution in [0.2, 0.25) is 0 Å². The molecule has 0 amide bonds. The molecule has 0 aromatic heterocycles. The van der Waals surface area contributed by atoms with E-state index in [2.05, 4.69) is 0 Å². The van der Waals surface area contributed by atoms with Crippen LogP contribution in [0.1, 0.15) is 34.1 Å². The van der Waals surface area contributed by atoms with Gasteiger partial charge in [-0.2, -0.15) is 0 Å². The molecule has 0 bridgehead atoms. The van der Waals surface area contributed by atoms with Gasteiger partial charge in [-0.15, -0.1) is 0 Å². The van der Waals surface area contributed by atoms with Crippen molar-refractivity contribution in [1.82, 2.24) is 0 Å². The van der Waals surface area contributed by atoms with Crippen molar-refractivity contribution in [2.75, 3.05) is 11.5 Å². The Morgan fingerprint density at radius 1 is 1.42 bits per heavy atom. The standard InChI is InChI=1S/C9H18O2S/c1-5-6-12(11)7-8(10)9(2,3)4/h5-7H2,1-4H3. The fourth-order valence-corrected chi connectivity index (χ4v) is 1.99. The summed E-state index contributed by atoms with van der Waals surface area (Å²) in [6, 6.07) is 0. The van der Waals surface area contributed by atoms with Gasteiger partial charge in [0.05, 0.1) is 0 Å². The van der Waals surface area contributed by atoms with Gasteiger partial charge in [-0.25, -0.2) is 0 Å². The summed E-state index contributed by atoms with van der Waals surface area (Å²) in [5.74, 6) is 0.952. The molecular formula is C9H18O2S. The summed E-state index contributed by atoms with van der Waals surface area (Å²) >= 11 is -0.946. The molecule has 0 radical (unpaired) electrons. The predicted octanol–water partition coefficient (Wildman–Crippen LogP) is 1.76. The molecule has 3 heteroatoms. The van der Waals surface area contributed by atoms with Crippen LogP contribution in [0.15, 0.2) is 0 Å². The molecule has 0 fully saturated rings. The van der Waals surface area contributed by atoms with Crippen LogP contribution in [0, 0.1) is 5.41 Å². The number of hydrogen-bond donors (Lipinski definition) is 0. The molecule has 72 valence electrons. The largest absolute Gasteiger partial charge is 0.616 e. The first-order valence-electron chi connectivity index (χ1n) is 4.26. The van der Waals surface area contributed by atoms with E-state index in [-0.39, 0.29) is 17.0 Å². The number of rotatable bonds is 4. The maximum absolute atomic E-state index is 11.4. The van der Waals surface area contributed by atoms with Crippen LogP contribution in [-0.4, -0.2) is 21.8 Å². The lowest BCUT2D eigenvalue weighted by Gasteiger charge is -2.17. The Bertz CT molecular complexity index is 149. The summed E-state index contributed by atoms with van der Waals surface area (Å²) < 4.78 is 11.2. The zero-order valence-electron chi connectivity index (χ0n) is 8.35. The Kier molecular flexibility index (Phi) is 4.87. The van der Waals surface area contributed by atoms with E-state index in [1.807, 2.05) is 27.7 Å². The van der Waals surface area contributed by atoms with Gasteiger partial charge in [-0.05, 0) is 17.6 Å². The predicted molar refractivity (Wildman–Crippen MR) is 52.6 cm³/mol. The second kappa shape index (κ2) is 4.87. The van der Waals surface area contributed by atoms with Crippen molar-refractivity contribution in [3.63, 3.8) is 0 Å². The van der Waals surface area contributed by atoms with Crippen molar-refractivity contribution < 1.29 is 9.35 Å². The number of carbonyl (C=O) groups excluding carboxylic acids is 1. The number of Topliss-reactive ketones (excluding diaryl/α,β-unsaturated/α-hetero) is 1. The highest BCUT2D eigenvalue weighted by Crippen LogP contribution is 2.15. The lowest BCUT2D eigenvalue weighted by Crippen LogP contribution is -2.29. The van der Waals surface area contributed by atoms with E-state index in [1.165, 1.54) is 0 Å². The monoisotopic (exact) mass is 190 g/mol. The summed E-state index contributed by atoms with van der Waals surface area (Å²) in [6.07, 6.45) is 0.879. The van der Waals surface area contributed by atoms with Crippen molar-refractivity contribution in [2.24, 2.45) is 5.41 Å². The molecule has 0 N–H and O–H groups in total. The van der Waals surface area contributed by atoms with E-state index in [9.17, 15) is 9.35 Å². The van der Waals surface area contributed by atoms with Crippen LogP contribution >= 0.6 is 0 Å². The Balaban J connectivity index is 3.85. The third kappa shape index (κ3) is 4.78. The lowest BCUT2D eigenvalue weighted by molar-refractivity contribution is -0.123.